The van der Waals surface area contributed by atoms with Crippen LogP contribution in [0.2, 0.25) is 0 Å². The van der Waals surface area contributed by atoms with E-state index in [1.54, 1.807) is 0 Å². The lowest BCUT2D eigenvalue weighted by atomic mass is 9.92. The molecule has 0 atom stereocenters. The predicted molar refractivity (Wildman–Crippen MR) is 156 cm³/mol. The maximum atomic E-state index is 13.9. The summed E-state index contributed by atoms with van der Waals surface area (Å²) < 4.78 is 15.7. The number of aryl methyl sites for hydroxylation is 1. The third-order valence-electron chi connectivity index (χ3n) is 5.68. The first-order valence-corrected chi connectivity index (χ1v) is 12.6. The molecule has 0 aliphatic rings. The van der Waals surface area contributed by atoms with Gasteiger partial charge < -0.3 is 19.8 Å². The summed E-state index contributed by atoms with van der Waals surface area (Å²) >= 11 is 0. The summed E-state index contributed by atoms with van der Waals surface area (Å²) in [4.78, 5) is 35.8. The largest absolute Gasteiger partial charge is 0.412 e. The molecular weight excluding hydrogens is 483 g/mol. The van der Waals surface area contributed by atoms with Crippen LogP contribution in [0.5, 0.6) is 0 Å². The number of hydrogen-bond donors (Lipinski definition) is 1. The number of nitrogens with zero attached hydrogens (tertiary/aromatic N) is 1. The van der Waals surface area contributed by atoms with E-state index < -0.39 is 5.82 Å². The van der Waals surface area contributed by atoms with Crippen molar-refractivity contribution in [1.29, 1.82) is 0 Å². The molecular formula is C31H41FN2O4. The van der Waals surface area contributed by atoms with Crippen LogP contribution in [-0.2, 0) is 17.8 Å². The van der Waals surface area contributed by atoms with Crippen molar-refractivity contribution in [3.05, 3.63) is 99.4 Å². The predicted octanol–water partition coefficient (Wildman–Crippen LogP) is 6.61. The van der Waals surface area contributed by atoms with Crippen molar-refractivity contribution < 1.29 is 19.5 Å². The molecule has 0 bridgehead atoms. The first-order valence-electron chi connectivity index (χ1n) is 12.6. The summed E-state index contributed by atoms with van der Waals surface area (Å²) in [5.74, 6) is -0.653. The summed E-state index contributed by atoms with van der Waals surface area (Å²) in [5.41, 5.74) is 4.93. The quantitative estimate of drug-likeness (QED) is 0.265. The van der Waals surface area contributed by atoms with Gasteiger partial charge in [-0.1, -0.05) is 65.0 Å². The third kappa shape index (κ3) is 8.08. The van der Waals surface area contributed by atoms with E-state index in [4.69, 9.17) is 4.79 Å². The average Bonchev–Trinajstić information content (AvgIpc) is 3.21. The Bertz CT molecular complexity index is 1350. The number of halogens is 1. The van der Waals surface area contributed by atoms with Gasteiger partial charge in [0.1, 0.15) is 12.6 Å². The Morgan fingerprint density at radius 1 is 1.13 bits per heavy atom. The normalized spacial score (nSPS) is 10.8. The molecule has 0 radical (unpaired) electrons. The van der Waals surface area contributed by atoms with Gasteiger partial charge in [0.15, 0.2) is 5.78 Å². The van der Waals surface area contributed by atoms with Crippen LogP contribution in [0.15, 0.2) is 65.6 Å². The van der Waals surface area contributed by atoms with E-state index >= 15 is 0 Å². The maximum Gasteiger partial charge on any atom is 0.253 e. The van der Waals surface area contributed by atoms with Crippen molar-refractivity contribution in [2.75, 3.05) is 0 Å². The monoisotopic (exact) mass is 524 g/mol. The molecule has 38 heavy (non-hydrogen) atoms. The van der Waals surface area contributed by atoms with E-state index in [9.17, 15) is 14.0 Å². The van der Waals surface area contributed by atoms with E-state index in [1.807, 2.05) is 55.6 Å². The Morgan fingerprint density at radius 3 is 2.29 bits per heavy atom. The van der Waals surface area contributed by atoms with Crippen LogP contribution in [0, 0.1) is 5.82 Å². The van der Waals surface area contributed by atoms with Gasteiger partial charge in [-0.2, -0.15) is 0 Å². The van der Waals surface area contributed by atoms with Crippen molar-refractivity contribution in [2.45, 2.75) is 67.3 Å². The van der Waals surface area contributed by atoms with Gasteiger partial charge in [0.25, 0.3) is 5.56 Å². The highest BCUT2D eigenvalue weighted by Crippen LogP contribution is 2.37. The van der Waals surface area contributed by atoms with Crippen LogP contribution in [-0.4, -0.2) is 27.6 Å². The molecule has 0 unspecified atom stereocenters. The highest BCUT2D eigenvalue weighted by atomic mass is 19.1. The highest BCUT2D eigenvalue weighted by molar-refractivity contribution is 6.09. The molecule has 3 aromatic rings. The summed E-state index contributed by atoms with van der Waals surface area (Å²) in [6, 6.07) is 7.30. The molecule has 206 valence electrons. The summed E-state index contributed by atoms with van der Waals surface area (Å²) in [7, 11) is 0. The summed E-state index contributed by atoms with van der Waals surface area (Å²) in [5, 5.41) is 0.924. The van der Waals surface area contributed by atoms with Crippen LogP contribution in [0.3, 0.4) is 0 Å². The number of carbonyl (C=O) groups is 2. The number of benzene rings is 1. The number of aromatic nitrogens is 2. The number of Topliss-reactive ketones (excluding diaryl/α,β-unsaturated/α-hetero) is 1. The number of H-pyrrole nitrogens is 1. The molecule has 3 rings (SSSR count). The number of pyridine rings is 1. The maximum absolute atomic E-state index is 13.9. The number of nitrogens with one attached hydrogen (secondary N) is 1. The fourth-order valence-electron chi connectivity index (χ4n) is 3.97. The molecule has 1 aromatic carbocycles. The van der Waals surface area contributed by atoms with E-state index in [0.29, 0.717) is 5.69 Å². The molecule has 0 fully saturated rings. The van der Waals surface area contributed by atoms with Gasteiger partial charge in [0, 0.05) is 35.2 Å². The minimum absolute atomic E-state index is 0. The lowest BCUT2D eigenvalue weighted by molar-refractivity contribution is -0.0980. The fourth-order valence-corrected chi connectivity index (χ4v) is 3.97. The molecule has 0 saturated heterocycles. The minimum atomic E-state index is -0.526. The molecule has 6 nitrogen and oxygen atoms in total. The van der Waals surface area contributed by atoms with Gasteiger partial charge in [-0.05, 0) is 54.7 Å². The molecule has 0 spiro atoms. The van der Waals surface area contributed by atoms with Gasteiger partial charge in [0.2, 0.25) is 0 Å². The molecule has 7 heteroatoms. The van der Waals surface area contributed by atoms with Gasteiger partial charge >= 0.3 is 0 Å². The summed E-state index contributed by atoms with van der Waals surface area (Å²) in [6.07, 6.45) is 9.70. The number of allylic oxidation sites excluding steroid dienone is 5. The van der Waals surface area contributed by atoms with E-state index in [0.717, 1.165) is 52.2 Å². The number of rotatable bonds is 8. The van der Waals surface area contributed by atoms with Crippen molar-refractivity contribution in [2.24, 2.45) is 0 Å². The van der Waals surface area contributed by atoms with Crippen LogP contribution >= 0.6 is 0 Å². The molecule has 2 heterocycles. The highest BCUT2D eigenvalue weighted by Gasteiger charge is 2.24. The molecule has 0 amide bonds. The van der Waals surface area contributed by atoms with Crippen molar-refractivity contribution in [3.63, 3.8) is 0 Å². The Balaban J connectivity index is 0.00000213. The van der Waals surface area contributed by atoms with Gasteiger partial charge in [-0.3, -0.25) is 9.59 Å². The molecule has 3 N–H and O–H groups in total. The van der Waals surface area contributed by atoms with Crippen LogP contribution in [0.1, 0.15) is 81.6 Å². The average molecular weight is 525 g/mol. The van der Waals surface area contributed by atoms with Gasteiger partial charge in [-0.25, -0.2) is 4.39 Å². The number of hydrogen-bond acceptors (Lipinski definition) is 3. The van der Waals surface area contributed by atoms with E-state index in [2.05, 4.69) is 38.4 Å². The first kappa shape index (κ1) is 34.2. The molecule has 2 aromatic heterocycles. The molecule has 0 saturated carbocycles. The van der Waals surface area contributed by atoms with Gasteiger partial charge in [0.05, 0.1) is 12.2 Å². The standard InChI is InChI=1S/C27H29FN2O2.C3H8.CH2O.H2O/c1-6-9-10-22(17(4)7-2)25-23-13-19(8-3)11-12-24(23)30(26(25)18(5)31)16-20-14-21(28)15-29-27(20)32;1-3-2;1-2;/h6,9-15H,4,7-8,16H2,1-3,5H3,(H,29,32);3H2,1-2H3;1H2;1H2/b9-6-,22-10+;;;. The minimum Gasteiger partial charge on any atom is -0.412 e. The van der Waals surface area contributed by atoms with Gasteiger partial charge in [-0.15, -0.1) is 0 Å². The smallest absolute Gasteiger partial charge is 0.253 e. The van der Waals surface area contributed by atoms with Crippen LogP contribution in [0.4, 0.5) is 4.39 Å². The SMILES string of the molecule is C=C(CC)/C(=C\C=C/C)c1c(C(C)=O)n(Cc2cc(F)c[nH]c2=O)c2ccc(CC)cc12.C=O.CCC.O. The lowest BCUT2D eigenvalue weighted by Gasteiger charge is -2.13. The lowest BCUT2D eigenvalue weighted by Crippen LogP contribution is -2.18. The Kier molecular flexibility index (Phi) is 15.1. The Morgan fingerprint density at radius 2 is 1.76 bits per heavy atom. The van der Waals surface area contributed by atoms with E-state index in [1.165, 1.54) is 19.4 Å². The number of aromatic amines is 1. The van der Waals surface area contributed by atoms with Crippen LogP contribution in [0.25, 0.3) is 16.5 Å². The second-order valence-electron chi connectivity index (χ2n) is 8.51. The van der Waals surface area contributed by atoms with Crippen molar-refractivity contribution in [1.82, 2.24) is 9.55 Å². The zero-order chi connectivity index (χ0) is 28.1. The van der Waals surface area contributed by atoms with Crippen molar-refractivity contribution >= 4 is 29.0 Å². The van der Waals surface area contributed by atoms with Crippen molar-refractivity contribution in [3.8, 4) is 0 Å². The number of carbonyl (C=O) groups excluding carboxylic acids is 2. The van der Waals surface area contributed by atoms with E-state index in [-0.39, 0.29) is 28.9 Å². The summed E-state index contributed by atoms with van der Waals surface area (Å²) in [6.45, 7) is 18.1. The van der Waals surface area contributed by atoms with Crippen LogP contribution < -0.4 is 5.56 Å². The zero-order valence-electron chi connectivity index (χ0n) is 23.4. The second kappa shape index (κ2) is 16.8. The fraction of sp³-hybridized carbons (Fsp3) is 0.323. The zero-order valence-corrected chi connectivity index (χ0v) is 23.4. The first-order chi connectivity index (χ1) is 17.7. The molecule has 0 aliphatic heterocycles. The second-order valence-corrected chi connectivity index (χ2v) is 8.51. The third-order valence-corrected chi connectivity index (χ3v) is 5.68. The Labute approximate surface area is 224 Å². The number of ketones is 1. The topological polar surface area (TPSA) is 103 Å². The Hall–Kier alpha value is -3.84. The number of fused-ring (bicyclic) bond motifs is 1. The molecule has 0 aliphatic carbocycles.